The fraction of sp³-hybridized carbons (Fsp3) is 0.421. The van der Waals surface area contributed by atoms with Crippen molar-refractivity contribution in [2.45, 2.75) is 31.9 Å². The molecule has 0 bridgehead atoms. The molecule has 1 saturated heterocycles. The Hall–Kier alpha value is -3.27. The van der Waals surface area contributed by atoms with Crippen molar-refractivity contribution >= 4 is 17.6 Å². The number of fused-ring (bicyclic) bond motifs is 2. The average molecular weight is 395 g/mol. The van der Waals surface area contributed by atoms with Crippen LogP contribution in [0.4, 0.5) is 0 Å². The summed E-state index contributed by atoms with van der Waals surface area (Å²) in [7, 11) is 0. The highest BCUT2D eigenvalue weighted by Gasteiger charge is 2.29. The van der Waals surface area contributed by atoms with E-state index in [0.717, 1.165) is 30.7 Å². The highest BCUT2D eigenvalue weighted by atomic mass is 16.5. The first-order valence-electron chi connectivity index (χ1n) is 9.74. The van der Waals surface area contributed by atoms with Crippen molar-refractivity contribution in [1.82, 2.24) is 34.8 Å². The monoisotopic (exact) mass is 395 g/mol. The van der Waals surface area contributed by atoms with E-state index in [1.807, 2.05) is 0 Å². The number of nitrogens with one attached hydrogen (secondary N) is 2. The number of carbonyl (C=O) groups excluding carboxylic acids is 2. The van der Waals surface area contributed by atoms with Crippen LogP contribution in [0.5, 0.6) is 0 Å². The van der Waals surface area contributed by atoms with Gasteiger partial charge in [0.05, 0.1) is 18.3 Å². The second-order valence-corrected chi connectivity index (χ2v) is 7.30. The predicted octanol–water partition coefficient (Wildman–Crippen LogP) is 0.560. The summed E-state index contributed by atoms with van der Waals surface area (Å²) in [5.41, 5.74) is 2.41. The number of aromatic amines is 1. The Bertz CT molecular complexity index is 1030. The van der Waals surface area contributed by atoms with Crippen LogP contribution in [-0.2, 0) is 17.7 Å². The first-order chi connectivity index (χ1) is 14.2. The predicted molar refractivity (Wildman–Crippen MR) is 101 cm³/mol. The molecule has 0 spiro atoms. The molecule has 2 aliphatic rings. The maximum Gasteiger partial charge on any atom is 0.274 e. The average Bonchev–Trinajstić information content (AvgIpc) is 3.50. The minimum atomic E-state index is -0.204. The molecule has 1 unspecified atom stereocenters. The molecule has 2 aliphatic heterocycles. The number of hydrogen-bond donors (Lipinski definition) is 2. The molecule has 5 rings (SSSR count). The fourth-order valence-corrected chi connectivity index (χ4v) is 3.87. The van der Waals surface area contributed by atoms with E-state index in [9.17, 15) is 9.59 Å². The Morgan fingerprint density at radius 1 is 1.38 bits per heavy atom. The fourth-order valence-electron chi connectivity index (χ4n) is 3.87. The Morgan fingerprint density at radius 2 is 2.31 bits per heavy atom. The van der Waals surface area contributed by atoms with Crippen LogP contribution in [0.3, 0.4) is 0 Å². The third kappa shape index (κ3) is 3.35. The van der Waals surface area contributed by atoms with Crippen LogP contribution in [0.2, 0.25) is 0 Å². The summed E-state index contributed by atoms with van der Waals surface area (Å²) in [4.78, 5) is 35.5. The van der Waals surface area contributed by atoms with Gasteiger partial charge in [0.2, 0.25) is 5.78 Å². The molecule has 0 aromatic carbocycles. The van der Waals surface area contributed by atoms with Crippen molar-refractivity contribution in [1.29, 1.82) is 0 Å². The lowest BCUT2D eigenvalue weighted by Gasteiger charge is -2.26. The third-order valence-electron chi connectivity index (χ3n) is 5.40. The van der Waals surface area contributed by atoms with Gasteiger partial charge in [-0.3, -0.25) is 19.1 Å². The van der Waals surface area contributed by atoms with Crippen molar-refractivity contribution in [3.63, 3.8) is 0 Å². The Labute approximate surface area is 166 Å². The first-order valence-corrected chi connectivity index (χ1v) is 9.74. The number of aromatic nitrogens is 5. The van der Waals surface area contributed by atoms with E-state index >= 15 is 0 Å². The molecule has 5 heterocycles. The van der Waals surface area contributed by atoms with Gasteiger partial charge < -0.3 is 15.0 Å². The molecule has 0 saturated carbocycles. The van der Waals surface area contributed by atoms with E-state index in [1.165, 1.54) is 0 Å². The van der Waals surface area contributed by atoms with E-state index in [-0.39, 0.29) is 17.9 Å². The maximum absolute atomic E-state index is 12.9. The summed E-state index contributed by atoms with van der Waals surface area (Å²) in [6.45, 7) is 2.11. The molecule has 10 nitrogen and oxygen atoms in total. The third-order valence-corrected chi connectivity index (χ3v) is 5.40. The molecule has 3 aromatic heterocycles. The molecule has 1 fully saturated rings. The highest BCUT2D eigenvalue weighted by molar-refractivity contribution is 5.95. The van der Waals surface area contributed by atoms with Crippen molar-refractivity contribution < 1.29 is 14.3 Å². The number of rotatable bonds is 4. The standard InChI is InChI=1S/C19H21N7O3/c27-17(21-9-12-3-1-8-29-12)16-13-4-7-25(10-14(13)23-24-16)18(28)15-11-26-6-2-5-20-19(26)22-15/h2,5-6,11-12H,1,3-4,7-10H2,(H,21,27)(H,23,24). The largest absolute Gasteiger partial charge is 0.376 e. The topological polar surface area (TPSA) is 118 Å². The molecule has 29 heavy (non-hydrogen) atoms. The van der Waals surface area contributed by atoms with Gasteiger partial charge in [0.15, 0.2) is 5.69 Å². The maximum atomic E-state index is 12.9. The number of hydrogen-bond acceptors (Lipinski definition) is 6. The van der Waals surface area contributed by atoms with E-state index in [0.29, 0.717) is 43.2 Å². The summed E-state index contributed by atoms with van der Waals surface area (Å²) in [6.07, 6.45) is 7.76. The molecular weight excluding hydrogens is 374 g/mol. The van der Waals surface area contributed by atoms with Gasteiger partial charge in [0.1, 0.15) is 5.69 Å². The van der Waals surface area contributed by atoms with E-state index in [4.69, 9.17) is 4.74 Å². The van der Waals surface area contributed by atoms with Crippen LogP contribution < -0.4 is 5.32 Å². The molecule has 0 aliphatic carbocycles. The van der Waals surface area contributed by atoms with Crippen molar-refractivity contribution in [2.75, 3.05) is 19.7 Å². The zero-order chi connectivity index (χ0) is 19.8. The van der Waals surface area contributed by atoms with Crippen LogP contribution in [0.15, 0.2) is 24.7 Å². The van der Waals surface area contributed by atoms with Gasteiger partial charge in [-0.25, -0.2) is 9.97 Å². The first kappa shape index (κ1) is 17.8. The summed E-state index contributed by atoms with van der Waals surface area (Å²) in [5.74, 6) is 0.115. The number of imidazole rings is 1. The lowest BCUT2D eigenvalue weighted by Crippen LogP contribution is -2.37. The lowest BCUT2D eigenvalue weighted by molar-refractivity contribution is 0.0727. The summed E-state index contributed by atoms with van der Waals surface area (Å²) < 4.78 is 7.26. The smallest absolute Gasteiger partial charge is 0.274 e. The zero-order valence-electron chi connectivity index (χ0n) is 15.8. The van der Waals surface area contributed by atoms with Gasteiger partial charge in [-0.15, -0.1) is 0 Å². The van der Waals surface area contributed by atoms with Crippen molar-refractivity contribution in [2.24, 2.45) is 0 Å². The lowest BCUT2D eigenvalue weighted by atomic mass is 10.0. The molecule has 2 amide bonds. The van der Waals surface area contributed by atoms with E-state index in [1.54, 1.807) is 34.0 Å². The molecule has 10 heteroatoms. The summed E-state index contributed by atoms with van der Waals surface area (Å²) in [5, 5.41) is 10.0. The quantitative estimate of drug-likeness (QED) is 0.667. The van der Waals surface area contributed by atoms with Gasteiger partial charge in [-0.1, -0.05) is 0 Å². The van der Waals surface area contributed by atoms with Gasteiger partial charge >= 0.3 is 0 Å². The molecule has 150 valence electrons. The Balaban J connectivity index is 1.27. The van der Waals surface area contributed by atoms with E-state index < -0.39 is 0 Å². The van der Waals surface area contributed by atoms with Gasteiger partial charge in [-0.2, -0.15) is 5.10 Å². The van der Waals surface area contributed by atoms with Gasteiger partial charge in [0.25, 0.3) is 11.8 Å². The number of H-pyrrole nitrogens is 1. The molecule has 2 N–H and O–H groups in total. The summed E-state index contributed by atoms with van der Waals surface area (Å²) in [6, 6.07) is 1.78. The number of carbonyl (C=O) groups is 2. The molecule has 3 aromatic rings. The second kappa shape index (κ2) is 7.28. The minimum absolute atomic E-state index is 0.0850. The van der Waals surface area contributed by atoms with Crippen LogP contribution in [0.1, 0.15) is 45.1 Å². The van der Waals surface area contributed by atoms with Crippen LogP contribution >= 0.6 is 0 Å². The van der Waals surface area contributed by atoms with Crippen LogP contribution in [0.25, 0.3) is 5.78 Å². The summed E-state index contributed by atoms with van der Waals surface area (Å²) >= 11 is 0. The van der Waals surface area contributed by atoms with E-state index in [2.05, 4.69) is 25.5 Å². The van der Waals surface area contributed by atoms with Gasteiger partial charge in [0, 0.05) is 43.9 Å². The molecule has 0 radical (unpaired) electrons. The Morgan fingerprint density at radius 3 is 3.14 bits per heavy atom. The van der Waals surface area contributed by atoms with Crippen LogP contribution in [0, 0.1) is 0 Å². The highest BCUT2D eigenvalue weighted by Crippen LogP contribution is 2.22. The normalized spacial score (nSPS) is 18.8. The number of ether oxygens (including phenoxy) is 1. The minimum Gasteiger partial charge on any atom is -0.376 e. The second-order valence-electron chi connectivity index (χ2n) is 7.30. The Kier molecular flexibility index (Phi) is 4.47. The molecular formula is C19H21N7O3. The van der Waals surface area contributed by atoms with Crippen molar-refractivity contribution in [3.05, 3.63) is 47.3 Å². The zero-order valence-corrected chi connectivity index (χ0v) is 15.8. The van der Waals surface area contributed by atoms with Crippen LogP contribution in [-0.4, -0.2) is 67.1 Å². The van der Waals surface area contributed by atoms with Crippen molar-refractivity contribution in [3.8, 4) is 0 Å². The number of amides is 2. The van der Waals surface area contributed by atoms with Gasteiger partial charge in [-0.05, 0) is 25.3 Å². The molecule has 1 atom stereocenters. The number of nitrogens with zero attached hydrogens (tertiary/aromatic N) is 5. The SMILES string of the molecule is O=C(NCC1CCCO1)c1n[nH]c2c1CCN(C(=O)c1cn3cccnc3n1)C2.